The quantitative estimate of drug-likeness (QED) is 0.314. The number of aromatic nitrogens is 4. The molecule has 4 aromatic rings. The lowest BCUT2D eigenvalue weighted by Gasteiger charge is -2.27. The maximum absolute atomic E-state index is 14.9. The van der Waals surface area contributed by atoms with E-state index in [1.165, 1.54) is 29.1 Å². The van der Waals surface area contributed by atoms with Crippen molar-refractivity contribution in [3.05, 3.63) is 70.8 Å². The number of rotatable bonds is 7. The molecule has 2 N–H and O–H groups in total. The number of piperazine rings is 1. The molecule has 0 amide bonds. The number of halogens is 2. The highest BCUT2D eigenvalue weighted by Crippen LogP contribution is 2.35. The smallest absolute Gasteiger partial charge is 0.266 e. The average molecular weight is 578 g/mol. The third kappa shape index (κ3) is 5.64. The molecule has 4 heterocycles. The Balaban J connectivity index is 1.26. The van der Waals surface area contributed by atoms with Gasteiger partial charge in [-0.05, 0) is 36.8 Å². The summed E-state index contributed by atoms with van der Waals surface area (Å²) >= 11 is 1.15. The van der Waals surface area contributed by atoms with Gasteiger partial charge in [-0.25, -0.2) is 28.0 Å². The molecule has 2 fully saturated rings. The summed E-state index contributed by atoms with van der Waals surface area (Å²) in [5.74, 6) is -0.291. The van der Waals surface area contributed by atoms with E-state index in [-0.39, 0.29) is 34.6 Å². The van der Waals surface area contributed by atoms with Crippen LogP contribution in [0.2, 0.25) is 0 Å². The molecule has 0 bridgehead atoms. The van der Waals surface area contributed by atoms with Gasteiger partial charge in [0.15, 0.2) is 11.6 Å². The maximum Gasteiger partial charge on any atom is 0.266 e. The molecule has 6 rings (SSSR count). The molecular formula is C27H25F2N9O2S. The van der Waals surface area contributed by atoms with Gasteiger partial charge >= 0.3 is 0 Å². The summed E-state index contributed by atoms with van der Waals surface area (Å²) in [6, 6.07) is 9.18. The van der Waals surface area contributed by atoms with E-state index >= 15 is 0 Å². The largest absolute Gasteiger partial charge is 0.453 e. The molecule has 2 aromatic carbocycles. The Hall–Kier alpha value is -4.32. The number of nitrogens with zero attached hydrogens (tertiary/aromatic N) is 7. The van der Waals surface area contributed by atoms with Crippen LogP contribution in [0, 0.1) is 17.1 Å². The third-order valence-corrected chi connectivity index (χ3v) is 7.75. The molecule has 2 aliphatic heterocycles. The molecular weight excluding hydrogens is 552 g/mol. The first-order valence-electron chi connectivity index (χ1n) is 13.0. The van der Waals surface area contributed by atoms with Crippen molar-refractivity contribution in [3.63, 3.8) is 0 Å². The number of anilines is 2. The summed E-state index contributed by atoms with van der Waals surface area (Å²) in [6.07, 6.45) is 4.08. The van der Waals surface area contributed by atoms with Crippen LogP contribution < -0.4 is 25.2 Å². The van der Waals surface area contributed by atoms with Crippen LogP contribution in [0.3, 0.4) is 0 Å². The monoisotopic (exact) mass is 577 g/mol. The number of nitriles is 1. The fourth-order valence-corrected chi connectivity index (χ4v) is 5.50. The number of nitrogens with one attached hydrogen (secondary N) is 2. The van der Waals surface area contributed by atoms with Gasteiger partial charge in [0.2, 0.25) is 5.95 Å². The second kappa shape index (κ2) is 11.7. The van der Waals surface area contributed by atoms with Gasteiger partial charge in [-0.2, -0.15) is 5.26 Å². The molecule has 2 aromatic heterocycles. The lowest BCUT2D eigenvalue weighted by molar-refractivity contribution is 0.349. The lowest BCUT2D eigenvalue weighted by atomic mass is 10.1. The zero-order valence-electron chi connectivity index (χ0n) is 21.8. The first-order chi connectivity index (χ1) is 20.0. The Kier molecular flexibility index (Phi) is 7.64. The van der Waals surface area contributed by atoms with Crippen LogP contribution in [0.15, 0.2) is 53.8 Å². The molecule has 210 valence electrons. The number of alkyl halides is 1. The molecule has 14 heteroatoms. The minimum Gasteiger partial charge on any atom is -0.453 e. The summed E-state index contributed by atoms with van der Waals surface area (Å²) in [5.41, 5.74) is 0.745. The van der Waals surface area contributed by atoms with E-state index in [0.29, 0.717) is 35.8 Å². The summed E-state index contributed by atoms with van der Waals surface area (Å²) in [7, 11) is 0. The highest BCUT2D eigenvalue weighted by molar-refractivity contribution is 7.98. The van der Waals surface area contributed by atoms with Gasteiger partial charge in [-0.3, -0.25) is 9.36 Å². The number of fused-ring (bicyclic) bond motifs is 1. The van der Waals surface area contributed by atoms with Crippen molar-refractivity contribution in [1.82, 2.24) is 29.1 Å². The summed E-state index contributed by atoms with van der Waals surface area (Å²) in [4.78, 5) is 28.7. The van der Waals surface area contributed by atoms with E-state index in [9.17, 15) is 18.8 Å². The Morgan fingerprint density at radius 2 is 1.93 bits per heavy atom. The van der Waals surface area contributed by atoms with Crippen LogP contribution in [-0.4, -0.2) is 69.3 Å². The van der Waals surface area contributed by atoms with Gasteiger partial charge in [0.05, 0.1) is 34.7 Å². The van der Waals surface area contributed by atoms with Gasteiger partial charge in [-0.1, -0.05) is 0 Å². The molecule has 0 saturated carbocycles. The van der Waals surface area contributed by atoms with Crippen molar-refractivity contribution in [2.24, 2.45) is 0 Å². The van der Waals surface area contributed by atoms with E-state index in [1.807, 2.05) is 6.07 Å². The SMILES string of the molecule is N#Cc1c(NSN2CCC(F)C2)ccc(F)c1Oc1ccc2ncn(-c3cnc(N4CCNCC4)nc3)c(=O)c2c1. The highest BCUT2D eigenvalue weighted by Gasteiger charge is 2.24. The highest BCUT2D eigenvalue weighted by atomic mass is 32.2. The Morgan fingerprint density at radius 1 is 1.12 bits per heavy atom. The maximum atomic E-state index is 14.9. The predicted molar refractivity (Wildman–Crippen MR) is 152 cm³/mol. The van der Waals surface area contributed by atoms with Crippen molar-refractivity contribution < 1.29 is 13.5 Å². The molecule has 0 radical (unpaired) electrons. The van der Waals surface area contributed by atoms with Gasteiger partial charge < -0.3 is 19.7 Å². The lowest BCUT2D eigenvalue weighted by Crippen LogP contribution is -2.44. The second-order valence-corrected chi connectivity index (χ2v) is 10.5. The number of benzene rings is 2. The number of hydrogen-bond acceptors (Lipinski definition) is 11. The molecule has 11 nitrogen and oxygen atoms in total. The predicted octanol–water partition coefficient (Wildman–Crippen LogP) is 3.41. The summed E-state index contributed by atoms with van der Waals surface area (Å²) < 4.78 is 40.3. The van der Waals surface area contributed by atoms with E-state index in [2.05, 4.69) is 29.9 Å². The van der Waals surface area contributed by atoms with E-state index in [4.69, 9.17) is 4.74 Å². The van der Waals surface area contributed by atoms with Gasteiger partial charge in [0.25, 0.3) is 5.56 Å². The minimum absolute atomic E-state index is 0.0566. The third-order valence-electron chi connectivity index (χ3n) is 6.85. The van der Waals surface area contributed by atoms with Crippen LogP contribution >= 0.6 is 12.1 Å². The van der Waals surface area contributed by atoms with Crippen LogP contribution in [-0.2, 0) is 0 Å². The second-order valence-electron chi connectivity index (χ2n) is 9.56. The average Bonchev–Trinajstić information content (AvgIpc) is 3.43. The molecule has 41 heavy (non-hydrogen) atoms. The van der Waals surface area contributed by atoms with Crippen LogP contribution in [0.4, 0.5) is 20.4 Å². The zero-order valence-corrected chi connectivity index (χ0v) is 22.6. The van der Waals surface area contributed by atoms with Crippen LogP contribution in [0.5, 0.6) is 11.5 Å². The summed E-state index contributed by atoms with van der Waals surface area (Å²) in [5, 5.41) is 13.3. The fraction of sp³-hybridized carbons (Fsp3) is 0.296. The standard InChI is InChI=1S/C27H25F2N9O2S/c28-17-5-8-37(15-17)41-35-24-4-2-22(29)25(21(24)12-30)40-19-1-3-23-20(11-19)26(39)38(16-34-23)18-13-32-27(33-14-18)36-9-6-31-7-10-36/h1-4,11,13-14,16-17,31,35H,5-10,15H2. The number of ether oxygens (including phenoxy) is 1. The van der Waals surface area contributed by atoms with Crippen molar-refractivity contribution in [2.45, 2.75) is 12.6 Å². The van der Waals surface area contributed by atoms with Crippen molar-refractivity contribution in [2.75, 3.05) is 48.9 Å². The van der Waals surface area contributed by atoms with Crippen molar-refractivity contribution >= 4 is 34.7 Å². The summed E-state index contributed by atoms with van der Waals surface area (Å²) in [6.45, 7) is 4.11. The fourth-order valence-electron chi connectivity index (χ4n) is 4.67. The Labute approximate surface area is 238 Å². The first-order valence-corrected chi connectivity index (χ1v) is 13.8. The molecule has 0 spiro atoms. The van der Waals surface area contributed by atoms with E-state index in [0.717, 1.165) is 38.3 Å². The van der Waals surface area contributed by atoms with Gasteiger partial charge in [0, 0.05) is 51.4 Å². The zero-order chi connectivity index (χ0) is 28.3. The normalized spacial score (nSPS) is 17.5. The van der Waals surface area contributed by atoms with Crippen LogP contribution in [0.25, 0.3) is 16.6 Å². The van der Waals surface area contributed by atoms with E-state index < -0.39 is 12.0 Å². The van der Waals surface area contributed by atoms with E-state index in [1.54, 1.807) is 28.8 Å². The molecule has 1 atom stereocenters. The molecule has 0 aliphatic carbocycles. The Morgan fingerprint density at radius 3 is 2.66 bits per heavy atom. The van der Waals surface area contributed by atoms with Crippen molar-refractivity contribution in [1.29, 1.82) is 5.26 Å². The topological polar surface area (TPSA) is 124 Å². The first kappa shape index (κ1) is 26.9. The van der Waals surface area contributed by atoms with Gasteiger partial charge in [-0.15, -0.1) is 0 Å². The molecule has 1 unspecified atom stereocenters. The van der Waals surface area contributed by atoms with Gasteiger partial charge in [0.1, 0.15) is 29.9 Å². The minimum atomic E-state index is -0.900. The van der Waals surface area contributed by atoms with Crippen molar-refractivity contribution in [3.8, 4) is 23.3 Å². The Bertz CT molecular complexity index is 1670. The molecule has 2 saturated heterocycles. The number of hydrogen-bond donors (Lipinski definition) is 2. The van der Waals surface area contributed by atoms with Crippen LogP contribution in [0.1, 0.15) is 12.0 Å². The molecule has 2 aliphatic rings.